The van der Waals surface area contributed by atoms with Gasteiger partial charge in [-0.15, -0.1) is 5.10 Å². The van der Waals surface area contributed by atoms with Crippen molar-refractivity contribution in [1.82, 2.24) is 25.0 Å². The lowest BCUT2D eigenvalue weighted by molar-refractivity contribution is -0.145. The molecule has 2 aromatic heterocycles. The number of benzene rings is 1. The molecule has 8 nitrogen and oxygen atoms in total. The van der Waals surface area contributed by atoms with E-state index in [0.717, 1.165) is 11.8 Å². The smallest absolute Gasteiger partial charge is 0.313 e. The Morgan fingerprint density at radius 1 is 1.26 bits per heavy atom. The zero-order valence-corrected chi connectivity index (χ0v) is 15.3. The van der Waals surface area contributed by atoms with Crippen LogP contribution in [0.1, 0.15) is 18.9 Å². The molecular weight excluding hydrogens is 373 g/mol. The van der Waals surface area contributed by atoms with Gasteiger partial charge in [-0.1, -0.05) is 35.2 Å². The zero-order chi connectivity index (χ0) is 19.2. The summed E-state index contributed by atoms with van der Waals surface area (Å²) in [7, 11) is 0. The van der Waals surface area contributed by atoms with Crippen LogP contribution in [0.4, 0.5) is 4.39 Å². The summed E-state index contributed by atoms with van der Waals surface area (Å²) < 4.78 is 20.1. The molecule has 0 unspecified atom stereocenters. The van der Waals surface area contributed by atoms with E-state index in [1.807, 2.05) is 0 Å². The van der Waals surface area contributed by atoms with Gasteiger partial charge in [0.2, 0.25) is 0 Å². The van der Waals surface area contributed by atoms with E-state index >= 15 is 0 Å². The second-order valence-corrected chi connectivity index (χ2v) is 6.46. The summed E-state index contributed by atoms with van der Waals surface area (Å²) >= 11 is 1.14. The molecule has 0 aliphatic carbocycles. The van der Waals surface area contributed by atoms with Crippen LogP contribution in [-0.2, 0) is 20.9 Å². The number of ether oxygens (including phenoxy) is 1. The maximum atomic E-state index is 13.9. The highest BCUT2D eigenvalue weighted by Crippen LogP contribution is 2.23. The van der Waals surface area contributed by atoms with Gasteiger partial charge in [0.1, 0.15) is 23.6 Å². The van der Waals surface area contributed by atoms with Crippen LogP contribution in [0.2, 0.25) is 0 Å². The Morgan fingerprint density at radius 2 is 2.07 bits per heavy atom. The van der Waals surface area contributed by atoms with Crippen LogP contribution in [0.25, 0.3) is 11.2 Å². The molecule has 27 heavy (non-hydrogen) atoms. The molecule has 10 heteroatoms. The minimum Gasteiger partial charge on any atom is -0.466 e. The number of carbonyl (C=O) groups excluding carboxylic acids is 2. The van der Waals surface area contributed by atoms with E-state index < -0.39 is 5.97 Å². The number of halogens is 1. The quantitative estimate of drug-likeness (QED) is 0.250. The lowest BCUT2D eigenvalue weighted by Crippen LogP contribution is -2.12. The van der Waals surface area contributed by atoms with Crippen molar-refractivity contribution in [2.75, 3.05) is 12.4 Å². The third-order valence-corrected chi connectivity index (χ3v) is 4.60. The Kier molecular flexibility index (Phi) is 6.07. The number of ketones is 1. The zero-order valence-electron chi connectivity index (χ0n) is 14.5. The van der Waals surface area contributed by atoms with Crippen LogP contribution in [0.5, 0.6) is 0 Å². The summed E-state index contributed by atoms with van der Waals surface area (Å²) in [5, 5.41) is 8.54. The number of nitrogens with zero attached hydrogens (tertiary/aromatic N) is 5. The molecule has 0 aliphatic heterocycles. The van der Waals surface area contributed by atoms with Crippen molar-refractivity contribution in [3.05, 3.63) is 42.0 Å². The molecule has 140 valence electrons. The van der Waals surface area contributed by atoms with Crippen molar-refractivity contribution >= 4 is 34.7 Å². The topological polar surface area (TPSA) is 99.9 Å². The monoisotopic (exact) mass is 389 g/mol. The van der Waals surface area contributed by atoms with Gasteiger partial charge < -0.3 is 4.74 Å². The summed E-state index contributed by atoms with van der Waals surface area (Å²) in [5.41, 5.74) is 1.32. The molecule has 2 heterocycles. The van der Waals surface area contributed by atoms with E-state index in [1.54, 1.807) is 25.1 Å². The molecule has 1 aromatic carbocycles. The van der Waals surface area contributed by atoms with E-state index in [1.165, 1.54) is 17.1 Å². The molecule has 3 aromatic rings. The van der Waals surface area contributed by atoms with Crippen LogP contribution in [0, 0.1) is 5.82 Å². The first-order valence-corrected chi connectivity index (χ1v) is 9.14. The molecule has 0 saturated carbocycles. The van der Waals surface area contributed by atoms with Gasteiger partial charge in [0.15, 0.2) is 16.9 Å². The minimum atomic E-state index is -0.549. The number of fused-ring (bicyclic) bond motifs is 1. The summed E-state index contributed by atoms with van der Waals surface area (Å²) in [5.74, 6) is -1.12. The van der Waals surface area contributed by atoms with Crippen LogP contribution in [0.15, 0.2) is 35.6 Å². The first-order valence-electron chi connectivity index (χ1n) is 8.16. The number of hydrogen-bond donors (Lipinski definition) is 0. The van der Waals surface area contributed by atoms with Crippen molar-refractivity contribution in [3.8, 4) is 0 Å². The van der Waals surface area contributed by atoms with Gasteiger partial charge in [0.05, 0.1) is 18.9 Å². The van der Waals surface area contributed by atoms with E-state index in [9.17, 15) is 14.0 Å². The number of aromatic nitrogens is 5. The Labute approximate surface area is 158 Å². The second-order valence-electron chi connectivity index (χ2n) is 5.50. The van der Waals surface area contributed by atoms with Crippen molar-refractivity contribution < 1.29 is 18.7 Å². The fourth-order valence-electron chi connectivity index (χ4n) is 2.34. The summed E-state index contributed by atoms with van der Waals surface area (Å²) in [6, 6.07) is 6.39. The van der Waals surface area contributed by atoms with Crippen LogP contribution in [-0.4, -0.2) is 49.1 Å². The van der Waals surface area contributed by atoms with E-state index in [2.05, 4.69) is 20.3 Å². The minimum absolute atomic E-state index is 0.0467. The predicted molar refractivity (Wildman–Crippen MR) is 95.6 cm³/mol. The number of esters is 1. The fourth-order valence-corrected chi connectivity index (χ4v) is 3.13. The molecular formula is C17H16FN5O3S. The van der Waals surface area contributed by atoms with Gasteiger partial charge in [-0.25, -0.2) is 19.0 Å². The largest absolute Gasteiger partial charge is 0.466 e. The fraction of sp³-hybridized carbons (Fsp3) is 0.294. The Balaban J connectivity index is 1.73. The average Bonchev–Trinajstić information content (AvgIpc) is 3.05. The maximum absolute atomic E-state index is 13.9. The number of Topliss-reactive ketones (excluding diaryl/α,β-unsaturated/α-hetero) is 1. The molecule has 0 atom stereocenters. The van der Waals surface area contributed by atoms with Gasteiger partial charge in [-0.05, 0) is 13.0 Å². The highest BCUT2D eigenvalue weighted by atomic mass is 32.2. The Bertz CT molecular complexity index is 978. The summed E-state index contributed by atoms with van der Waals surface area (Å²) in [6.07, 6.45) is 1.05. The van der Waals surface area contributed by atoms with Crippen LogP contribution < -0.4 is 0 Å². The van der Waals surface area contributed by atoms with Crippen LogP contribution in [0.3, 0.4) is 0 Å². The van der Waals surface area contributed by atoms with Gasteiger partial charge >= 0.3 is 5.97 Å². The molecule has 0 N–H and O–H groups in total. The lowest BCUT2D eigenvalue weighted by Gasteiger charge is -2.04. The standard InChI is InChI=1S/C17H16FN5O3S/c1-2-26-14(25)7-12(24)9-27-17-15-16(19-10-20-17)23(22-21-15)8-11-5-3-4-6-13(11)18/h3-6,10H,2,7-9H2,1H3. The highest BCUT2D eigenvalue weighted by Gasteiger charge is 2.16. The second kappa shape index (κ2) is 8.67. The number of carbonyl (C=O) groups is 2. The predicted octanol–water partition coefficient (Wildman–Crippen LogP) is 2.02. The van der Waals surface area contributed by atoms with Crippen LogP contribution >= 0.6 is 11.8 Å². The van der Waals surface area contributed by atoms with Crippen molar-refractivity contribution in [1.29, 1.82) is 0 Å². The van der Waals surface area contributed by atoms with E-state index in [0.29, 0.717) is 21.8 Å². The maximum Gasteiger partial charge on any atom is 0.313 e. The molecule has 3 rings (SSSR count). The van der Waals surface area contributed by atoms with Gasteiger partial charge in [0.25, 0.3) is 0 Å². The first kappa shape index (κ1) is 18.9. The number of hydrogen-bond acceptors (Lipinski definition) is 8. The molecule has 0 amide bonds. The van der Waals surface area contributed by atoms with Crippen molar-refractivity contribution in [2.45, 2.75) is 24.9 Å². The molecule has 0 saturated heterocycles. The average molecular weight is 389 g/mol. The SMILES string of the molecule is CCOC(=O)CC(=O)CSc1ncnc2c1nnn2Cc1ccccc1F. The Hall–Kier alpha value is -2.88. The van der Waals surface area contributed by atoms with Gasteiger partial charge in [-0.3, -0.25) is 9.59 Å². The Morgan fingerprint density at radius 3 is 2.85 bits per heavy atom. The van der Waals surface area contributed by atoms with E-state index in [-0.39, 0.29) is 36.9 Å². The number of rotatable bonds is 8. The van der Waals surface area contributed by atoms with Crippen molar-refractivity contribution in [3.63, 3.8) is 0 Å². The highest BCUT2D eigenvalue weighted by molar-refractivity contribution is 8.00. The molecule has 0 fully saturated rings. The third-order valence-electron chi connectivity index (χ3n) is 3.56. The molecule has 0 bridgehead atoms. The number of thioether (sulfide) groups is 1. The molecule has 0 radical (unpaired) electrons. The normalized spacial score (nSPS) is 10.9. The van der Waals surface area contributed by atoms with Gasteiger partial charge in [-0.2, -0.15) is 0 Å². The molecule has 0 spiro atoms. The third kappa shape index (κ3) is 4.64. The van der Waals surface area contributed by atoms with Gasteiger partial charge in [0, 0.05) is 5.56 Å². The molecule has 0 aliphatic rings. The lowest BCUT2D eigenvalue weighted by atomic mass is 10.2. The van der Waals surface area contributed by atoms with Crippen molar-refractivity contribution in [2.24, 2.45) is 0 Å². The summed E-state index contributed by atoms with van der Waals surface area (Å²) in [4.78, 5) is 31.5. The summed E-state index contributed by atoms with van der Waals surface area (Å²) in [6.45, 7) is 2.09. The van der Waals surface area contributed by atoms with E-state index in [4.69, 9.17) is 4.74 Å². The first-order chi connectivity index (χ1) is 13.1.